The van der Waals surface area contributed by atoms with Crippen LogP contribution in [0.4, 0.5) is 17.1 Å². The first kappa shape index (κ1) is 21.0. The molecule has 6 heteroatoms. The van der Waals surface area contributed by atoms with Gasteiger partial charge in [0.15, 0.2) is 0 Å². The molecule has 0 aromatic heterocycles. The van der Waals surface area contributed by atoms with Gasteiger partial charge in [0.25, 0.3) is 11.8 Å². The average Bonchev–Trinajstić information content (AvgIpc) is 3.10. The zero-order chi connectivity index (χ0) is 22.8. The van der Waals surface area contributed by atoms with Gasteiger partial charge in [-0.15, -0.1) is 0 Å². The van der Waals surface area contributed by atoms with Gasteiger partial charge >= 0.3 is 0 Å². The summed E-state index contributed by atoms with van der Waals surface area (Å²) in [4.78, 5) is 32.7. The monoisotopic (exact) mass is 438 g/mol. The molecule has 1 fully saturated rings. The van der Waals surface area contributed by atoms with Gasteiger partial charge in [0, 0.05) is 37.6 Å². The largest absolute Gasteiger partial charge is 0.369 e. The number of carbonyl (C=O) groups excluding carboxylic acids is 2. The molecule has 1 N–H and O–H groups in total. The van der Waals surface area contributed by atoms with Crippen LogP contribution in [-0.4, -0.2) is 49.9 Å². The number of nitrogens with one attached hydrogen (secondary N) is 1. The lowest BCUT2D eigenvalue weighted by Gasteiger charge is -2.34. The topological polar surface area (TPSA) is 55.9 Å². The summed E-state index contributed by atoms with van der Waals surface area (Å²) in [5.74, 6) is -0.679. The molecule has 0 unspecified atom stereocenters. The molecule has 2 aliphatic heterocycles. The molecule has 166 valence electrons. The third-order valence-electron chi connectivity index (χ3n) is 6.17. The first-order chi connectivity index (χ1) is 16.1. The Hall–Kier alpha value is -3.90. The lowest BCUT2D eigenvalue weighted by Crippen LogP contribution is -2.44. The minimum absolute atomic E-state index is 0.294. The van der Waals surface area contributed by atoms with Gasteiger partial charge in [0.2, 0.25) is 0 Å². The lowest BCUT2D eigenvalue weighted by molar-refractivity contribution is -0.120. The van der Waals surface area contributed by atoms with Crippen molar-refractivity contribution in [2.24, 2.45) is 0 Å². The molecule has 0 radical (unpaired) electrons. The smallest absolute Gasteiger partial charge is 0.282 e. The SMILES string of the molecule is CN1CCN(c2ccc(NC3=C(c4ccccc4)C(=O)N(c4ccccc4)C3=O)cc2)CC1. The number of hydrogen-bond donors (Lipinski definition) is 1. The molecular weight excluding hydrogens is 412 g/mol. The number of para-hydroxylation sites is 1. The quantitative estimate of drug-likeness (QED) is 0.614. The first-order valence-corrected chi connectivity index (χ1v) is 11.2. The predicted octanol–water partition coefficient (Wildman–Crippen LogP) is 3.84. The Balaban J connectivity index is 1.45. The Morgan fingerprint density at radius 1 is 0.667 bits per heavy atom. The summed E-state index contributed by atoms with van der Waals surface area (Å²) in [6.45, 7) is 4.07. The number of amides is 2. The number of anilines is 3. The van der Waals surface area contributed by atoms with Crippen molar-refractivity contribution in [1.82, 2.24) is 4.90 Å². The number of benzene rings is 3. The van der Waals surface area contributed by atoms with E-state index in [0.29, 0.717) is 22.5 Å². The Labute approximate surface area is 193 Å². The van der Waals surface area contributed by atoms with Crippen LogP contribution in [0.15, 0.2) is 90.6 Å². The van der Waals surface area contributed by atoms with E-state index >= 15 is 0 Å². The van der Waals surface area contributed by atoms with Crippen molar-refractivity contribution in [2.45, 2.75) is 0 Å². The molecule has 3 aromatic rings. The van der Waals surface area contributed by atoms with Crippen LogP contribution < -0.4 is 15.1 Å². The molecule has 2 heterocycles. The minimum atomic E-state index is -0.354. The van der Waals surface area contributed by atoms with Crippen LogP contribution in [0, 0.1) is 0 Å². The van der Waals surface area contributed by atoms with Crippen molar-refractivity contribution in [3.63, 3.8) is 0 Å². The maximum atomic E-state index is 13.4. The van der Waals surface area contributed by atoms with Crippen LogP contribution in [0.1, 0.15) is 5.56 Å². The van der Waals surface area contributed by atoms with Gasteiger partial charge in [-0.25, -0.2) is 4.90 Å². The summed E-state index contributed by atoms with van der Waals surface area (Å²) in [5.41, 5.74) is 3.88. The number of nitrogens with zero attached hydrogens (tertiary/aromatic N) is 3. The third-order valence-corrected chi connectivity index (χ3v) is 6.17. The van der Waals surface area contributed by atoms with E-state index in [-0.39, 0.29) is 11.8 Å². The molecule has 3 aromatic carbocycles. The van der Waals surface area contributed by atoms with Gasteiger partial charge in [0.1, 0.15) is 5.70 Å². The van der Waals surface area contributed by atoms with Crippen LogP contribution in [0.3, 0.4) is 0 Å². The Morgan fingerprint density at radius 2 is 1.27 bits per heavy atom. The van der Waals surface area contributed by atoms with Crippen LogP contribution in [0.5, 0.6) is 0 Å². The molecule has 2 amide bonds. The van der Waals surface area contributed by atoms with E-state index in [4.69, 9.17) is 0 Å². The Morgan fingerprint density at radius 3 is 1.91 bits per heavy atom. The molecule has 2 aliphatic rings. The summed E-state index contributed by atoms with van der Waals surface area (Å²) >= 11 is 0. The molecule has 0 aliphatic carbocycles. The zero-order valence-electron chi connectivity index (χ0n) is 18.6. The summed E-state index contributed by atoms with van der Waals surface area (Å²) in [6, 6.07) is 26.4. The number of piperazine rings is 1. The summed E-state index contributed by atoms with van der Waals surface area (Å²) in [6.07, 6.45) is 0. The second-order valence-corrected chi connectivity index (χ2v) is 8.36. The molecular formula is C27H26N4O2. The summed E-state index contributed by atoms with van der Waals surface area (Å²) in [5, 5.41) is 3.25. The normalized spacial score (nSPS) is 17.1. The highest BCUT2D eigenvalue weighted by Crippen LogP contribution is 2.33. The average molecular weight is 439 g/mol. The van der Waals surface area contributed by atoms with Gasteiger partial charge in [-0.05, 0) is 49.0 Å². The molecule has 0 spiro atoms. The zero-order valence-corrected chi connectivity index (χ0v) is 18.6. The van der Waals surface area contributed by atoms with E-state index < -0.39 is 0 Å². The third kappa shape index (κ3) is 4.13. The molecule has 33 heavy (non-hydrogen) atoms. The van der Waals surface area contributed by atoms with Crippen molar-refractivity contribution in [1.29, 1.82) is 0 Å². The fourth-order valence-corrected chi connectivity index (χ4v) is 4.29. The van der Waals surface area contributed by atoms with Gasteiger partial charge in [-0.1, -0.05) is 48.5 Å². The summed E-state index contributed by atoms with van der Waals surface area (Å²) < 4.78 is 0. The predicted molar refractivity (Wildman–Crippen MR) is 132 cm³/mol. The van der Waals surface area contributed by atoms with Crippen molar-refractivity contribution < 1.29 is 9.59 Å². The number of imide groups is 1. The molecule has 0 saturated carbocycles. The van der Waals surface area contributed by atoms with E-state index in [1.54, 1.807) is 12.1 Å². The highest BCUT2D eigenvalue weighted by Gasteiger charge is 2.40. The van der Waals surface area contributed by atoms with Crippen molar-refractivity contribution in [3.8, 4) is 0 Å². The molecule has 1 saturated heterocycles. The molecule has 0 atom stereocenters. The maximum Gasteiger partial charge on any atom is 0.282 e. The second kappa shape index (κ2) is 8.92. The van der Waals surface area contributed by atoms with Gasteiger partial charge in [-0.2, -0.15) is 0 Å². The fourth-order valence-electron chi connectivity index (χ4n) is 4.29. The van der Waals surface area contributed by atoms with E-state index in [1.807, 2.05) is 60.7 Å². The number of hydrogen-bond acceptors (Lipinski definition) is 5. The minimum Gasteiger partial charge on any atom is -0.369 e. The second-order valence-electron chi connectivity index (χ2n) is 8.36. The van der Waals surface area contributed by atoms with Crippen LogP contribution in [0.25, 0.3) is 5.57 Å². The first-order valence-electron chi connectivity index (χ1n) is 11.2. The standard InChI is InChI=1S/C27H26N4O2/c1-29-16-18-30(19-17-29)22-14-12-21(13-15-22)28-25-24(20-8-4-2-5-9-20)26(32)31(27(25)33)23-10-6-3-7-11-23/h2-15,28H,16-19H2,1H3. The fraction of sp³-hybridized carbons (Fsp3) is 0.185. The number of rotatable bonds is 5. The van der Waals surface area contributed by atoms with Crippen LogP contribution in [-0.2, 0) is 9.59 Å². The highest BCUT2D eigenvalue weighted by atomic mass is 16.2. The highest BCUT2D eigenvalue weighted by molar-refractivity contribution is 6.46. The van der Waals surface area contributed by atoms with Crippen molar-refractivity contribution in [3.05, 3.63) is 96.2 Å². The van der Waals surface area contributed by atoms with E-state index in [2.05, 4.69) is 34.3 Å². The van der Waals surface area contributed by atoms with Crippen molar-refractivity contribution in [2.75, 3.05) is 48.3 Å². The number of carbonyl (C=O) groups is 2. The molecule has 6 nitrogen and oxygen atoms in total. The number of likely N-dealkylation sites (N-methyl/N-ethyl adjacent to an activating group) is 1. The van der Waals surface area contributed by atoms with Gasteiger partial charge in [0.05, 0.1) is 11.3 Å². The molecule has 5 rings (SSSR count). The van der Waals surface area contributed by atoms with E-state index in [1.165, 1.54) is 4.90 Å². The van der Waals surface area contributed by atoms with Crippen LogP contribution >= 0.6 is 0 Å². The van der Waals surface area contributed by atoms with Gasteiger partial charge < -0.3 is 15.1 Å². The van der Waals surface area contributed by atoms with Crippen LogP contribution in [0.2, 0.25) is 0 Å². The van der Waals surface area contributed by atoms with Crippen molar-refractivity contribution >= 4 is 34.4 Å². The Bertz CT molecular complexity index is 1180. The Kier molecular flexibility index (Phi) is 5.67. The molecule has 0 bridgehead atoms. The van der Waals surface area contributed by atoms with Gasteiger partial charge in [-0.3, -0.25) is 9.59 Å². The lowest BCUT2D eigenvalue weighted by atomic mass is 10.0. The van der Waals surface area contributed by atoms with E-state index in [9.17, 15) is 9.59 Å². The van der Waals surface area contributed by atoms with E-state index in [0.717, 1.165) is 37.6 Å². The summed E-state index contributed by atoms with van der Waals surface area (Å²) in [7, 11) is 2.14. The maximum absolute atomic E-state index is 13.4.